The van der Waals surface area contributed by atoms with E-state index in [1.54, 1.807) is 17.0 Å². The van der Waals surface area contributed by atoms with Gasteiger partial charge in [-0.3, -0.25) is 0 Å². The second-order valence-corrected chi connectivity index (χ2v) is 4.44. The van der Waals surface area contributed by atoms with Crippen LogP contribution in [0.1, 0.15) is 21.5 Å². The highest BCUT2D eigenvalue weighted by Gasteiger charge is 2.23. The number of benzene rings is 1. The lowest BCUT2D eigenvalue weighted by Gasteiger charge is -2.29. The lowest BCUT2D eigenvalue weighted by Crippen LogP contribution is -2.44. The summed E-state index contributed by atoms with van der Waals surface area (Å²) in [5.74, 6) is -0.919. The first kappa shape index (κ1) is 13.4. The summed E-state index contributed by atoms with van der Waals surface area (Å²) in [6.45, 7) is 1.80. The van der Waals surface area contributed by atoms with Crippen LogP contribution in [0.15, 0.2) is 18.2 Å². The van der Waals surface area contributed by atoms with Crippen LogP contribution in [-0.4, -0.2) is 41.6 Å². The molecule has 0 saturated heterocycles. The molecular formula is C13H17N3O3. The number of amides is 2. The summed E-state index contributed by atoms with van der Waals surface area (Å²) in [6, 6.07) is 5.02. The largest absolute Gasteiger partial charge is 0.478 e. The van der Waals surface area contributed by atoms with Crippen LogP contribution in [0.25, 0.3) is 0 Å². The molecule has 6 heteroatoms. The van der Waals surface area contributed by atoms with E-state index in [4.69, 9.17) is 10.8 Å². The highest BCUT2D eigenvalue weighted by molar-refractivity contribution is 5.90. The molecule has 102 valence electrons. The Morgan fingerprint density at radius 1 is 1.42 bits per heavy atom. The van der Waals surface area contributed by atoms with E-state index < -0.39 is 5.97 Å². The van der Waals surface area contributed by atoms with Gasteiger partial charge in [-0.25, -0.2) is 9.59 Å². The van der Waals surface area contributed by atoms with E-state index in [0.717, 1.165) is 11.1 Å². The van der Waals surface area contributed by atoms with Crippen LogP contribution in [0, 0.1) is 0 Å². The molecule has 0 radical (unpaired) electrons. The Bertz CT molecular complexity index is 502. The molecule has 0 saturated carbocycles. The van der Waals surface area contributed by atoms with Crippen LogP contribution in [-0.2, 0) is 13.0 Å². The molecule has 0 bridgehead atoms. The minimum absolute atomic E-state index is 0.156. The fourth-order valence-corrected chi connectivity index (χ4v) is 2.27. The highest BCUT2D eigenvalue weighted by atomic mass is 16.4. The smallest absolute Gasteiger partial charge is 0.335 e. The molecule has 0 atom stereocenters. The van der Waals surface area contributed by atoms with Gasteiger partial charge in [-0.1, -0.05) is 12.1 Å². The number of carbonyl (C=O) groups excluding carboxylic acids is 1. The third kappa shape index (κ3) is 2.85. The summed E-state index contributed by atoms with van der Waals surface area (Å²) in [4.78, 5) is 24.6. The Balaban J connectivity index is 2.14. The van der Waals surface area contributed by atoms with Gasteiger partial charge in [0.25, 0.3) is 0 Å². The van der Waals surface area contributed by atoms with Gasteiger partial charge in [-0.15, -0.1) is 0 Å². The van der Waals surface area contributed by atoms with Gasteiger partial charge in [0.2, 0.25) is 0 Å². The molecule has 0 fully saturated rings. The number of carboxylic acid groups (broad SMARTS) is 1. The average molecular weight is 263 g/mol. The van der Waals surface area contributed by atoms with Crippen LogP contribution in [0.4, 0.5) is 4.79 Å². The van der Waals surface area contributed by atoms with Crippen LogP contribution in [0.2, 0.25) is 0 Å². The zero-order chi connectivity index (χ0) is 13.8. The molecule has 0 unspecified atom stereocenters. The second-order valence-electron chi connectivity index (χ2n) is 4.44. The highest BCUT2D eigenvalue weighted by Crippen LogP contribution is 2.22. The van der Waals surface area contributed by atoms with Crippen molar-refractivity contribution in [1.82, 2.24) is 10.2 Å². The Labute approximate surface area is 111 Å². The van der Waals surface area contributed by atoms with Crippen molar-refractivity contribution >= 4 is 12.0 Å². The topological polar surface area (TPSA) is 95.7 Å². The standard InChI is InChI=1S/C13H17N3O3/c14-5-6-15-13(19)16-7-4-10-9(8-16)2-1-3-11(10)12(17)18/h1-3H,4-8,14H2,(H,15,19)(H,17,18). The second kappa shape index (κ2) is 5.71. The van der Waals surface area contributed by atoms with E-state index in [1.807, 2.05) is 6.07 Å². The molecule has 2 rings (SSSR count). The predicted molar refractivity (Wildman–Crippen MR) is 70.0 cm³/mol. The van der Waals surface area contributed by atoms with Crippen molar-refractivity contribution in [2.75, 3.05) is 19.6 Å². The lowest BCUT2D eigenvalue weighted by atomic mass is 9.95. The Morgan fingerprint density at radius 3 is 2.89 bits per heavy atom. The van der Waals surface area contributed by atoms with E-state index in [-0.39, 0.29) is 6.03 Å². The first-order valence-electron chi connectivity index (χ1n) is 6.20. The molecule has 4 N–H and O–H groups in total. The third-order valence-electron chi connectivity index (χ3n) is 3.20. The SMILES string of the molecule is NCCNC(=O)N1CCc2c(cccc2C(=O)O)C1. The van der Waals surface area contributed by atoms with Gasteiger partial charge in [0.05, 0.1) is 5.56 Å². The minimum atomic E-state index is -0.919. The zero-order valence-electron chi connectivity index (χ0n) is 10.6. The van der Waals surface area contributed by atoms with Gasteiger partial charge in [0.1, 0.15) is 0 Å². The normalized spacial score (nSPS) is 13.8. The summed E-state index contributed by atoms with van der Waals surface area (Å²) in [5.41, 5.74) is 7.40. The van der Waals surface area contributed by atoms with Crippen LogP contribution >= 0.6 is 0 Å². The molecule has 0 spiro atoms. The van der Waals surface area contributed by atoms with E-state index in [0.29, 0.717) is 38.2 Å². The number of carbonyl (C=O) groups is 2. The van der Waals surface area contributed by atoms with Crippen molar-refractivity contribution in [1.29, 1.82) is 0 Å². The van der Waals surface area contributed by atoms with Gasteiger partial charge in [0.15, 0.2) is 0 Å². The fourth-order valence-electron chi connectivity index (χ4n) is 2.27. The molecule has 2 amide bonds. The van der Waals surface area contributed by atoms with Crippen molar-refractivity contribution in [2.45, 2.75) is 13.0 Å². The molecule has 19 heavy (non-hydrogen) atoms. The number of nitrogens with one attached hydrogen (secondary N) is 1. The number of nitrogens with zero attached hydrogens (tertiary/aromatic N) is 1. The summed E-state index contributed by atoms with van der Waals surface area (Å²) < 4.78 is 0. The van der Waals surface area contributed by atoms with Gasteiger partial charge in [0, 0.05) is 26.2 Å². The zero-order valence-corrected chi connectivity index (χ0v) is 10.6. The number of nitrogens with two attached hydrogens (primary N) is 1. The van der Waals surface area contributed by atoms with Crippen molar-refractivity contribution in [2.24, 2.45) is 5.73 Å². The number of hydrogen-bond donors (Lipinski definition) is 3. The molecular weight excluding hydrogens is 246 g/mol. The first-order valence-corrected chi connectivity index (χ1v) is 6.20. The monoisotopic (exact) mass is 263 g/mol. The maximum absolute atomic E-state index is 11.8. The molecule has 1 aromatic carbocycles. The number of urea groups is 1. The van der Waals surface area contributed by atoms with Crippen molar-refractivity contribution in [3.05, 3.63) is 34.9 Å². The summed E-state index contributed by atoms with van der Waals surface area (Å²) >= 11 is 0. The number of fused-ring (bicyclic) bond motifs is 1. The number of hydrogen-bond acceptors (Lipinski definition) is 3. The Morgan fingerprint density at radius 2 is 2.21 bits per heavy atom. The number of aromatic carboxylic acids is 1. The van der Waals surface area contributed by atoms with Crippen LogP contribution in [0.5, 0.6) is 0 Å². The predicted octanol–water partition coefficient (Wildman–Crippen LogP) is 0.411. The summed E-state index contributed by atoms with van der Waals surface area (Å²) in [6.07, 6.45) is 0.563. The Kier molecular flexibility index (Phi) is 4.01. The van der Waals surface area contributed by atoms with Crippen LogP contribution < -0.4 is 11.1 Å². The quantitative estimate of drug-likeness (QED) is 0.736. The Hall–Kier alpha value is -2.08. The number of rotatable bonds is 3. The van der Waals surface area contributed by atoms with E-state index in [2.05, 4.69) is 5.32 Å². The summed E-state index contributed by atoms with van der Waals surface area (Å²) in [7, 11) is 0. The average Bonchev–Trinajstić information content (AvgIpc) is 2.43. The number of carboxylic acids is 1. The molecule has 1 aromatic rings. The molecule has 1 heterocycles. The van der Waals surface area contributed by atoms with Crippen molar-refractivity contribution in [3.8, 4) is 0 Å². The molecule has 1 aliphatic rings. The molecule has 0 aliphatic carbocycles. The molecule has 1 aliphatic heterocycles. The molecule has 6 nitrogen and oxygen atoms in total. The first-order chi connectivity index (χ1) is 9.13. The molecule has 0 aromatic heterocycles. The van der Waals surface area contributed by atoms with E-state index >= 15 is 0 Å². The van der Waals surface area contributed by atoms with Crippen molar-refractivity contribution < 1.29 is 14.7 Å². The minimum Gasteiger partial charge on any atom is -0.478 e. The van der Waals surface area contributed by atoms with Gasteiger partial charge < -0.3 is 21.1 Å². The van der Waals surface area contributed by atoms with Gasteiger partial charge >= 0.3 is 12.0 Å². The maximum Gasteiger partial charge on any atom is 0.335 e. The maximum atomic E-state index is 11.8. The van der Waals surface area contributed by atoms with Crippen molar-refractivity contribution in [3.63, 3.8) is 0 Å². The third-order valence-corrected chi connectivity index (χ3v) is 3.20. The van der Waals surface area contributed by atoms with E-state index in [1.165, 1.54) is 0 Å². The lowest BCUT2D eigenvalue weighted by molar-refractivity contribution is 0.0695. The van der Waals surface area contributed by atoms with Crippen LogP contribution in [0.3, 0.4) is 0 Å². The van der Waals surface area contributed by atoms with Gasteiger partial charge in [-0.05, 0) is 23.6 Å². The summed E-state index contributed by atoms with van der Waals surface area (Å²) in [5, 5.41) is 11.8. The van der Waals surface area contributed by atoms with E-state index in [9.17, 15) is 9.59 Å². The van der Waals surface area contributed by atoms with Gasteiger partial charge in [-0.2, -0.15) is 0 Å². The fraction of sp³-hybridized carbons (Fsp3) is 0.385.